The van der Waals surface area contributed by atoms with Crippen molar-refractivity contribution in [1.82, 2.24) is 15.0 Å². The highest BCUT2D eigenvalue weighted by Crippen LogP contribution is 2.52. The van der Waals surface area contributed by atoms with Crippen molar-refractivity contribution in [3.63, 3.8) is 0 Å². The zero-order chi connectivity index (χ0) is 29.0. The molecule has 0 atom stereocenters. The first-order valence-corrected chi connectivity index (χ1v) is 14.9. The first kappa shape index (κ1) is 24.6. The Morgan fingerprint density at radius 3 is 1.61 bits per heavy atom. The number of hydrogen-bond acceptors (Lipinski definition) is 3. The standard InChI is InChI=1S/C41H25N3/c1-3-12-27(13-4-1)35-24-32(25-36-33-19-9-17-28-18-10-20-34(37(28)33)38(35)36)41-43-39(29-14-5-2-6-15-29)42-40(44-41)31-22-21-26-11-7-8-16-30(26)23-31/h1-25H. The van der Waals surface area contributed by atoms with Crippen LogP contribution in [0.25, 0.3) is 89.1 Å². The van der Waals surface area contributed by atoms with Crippen LogP contribution in [0, 0.1) is 0 Å². The molecule has 8 aromatic rings. The molecule has 0 saturated carbocycles. The lowest BCUT2D eigenvalue weighted by Gasteiger charge is -2.15. The van der Waals surface area contributed by atoms with E-state index in [1.807, 2.05) is 18.2 Å². The second-order valence-electron chi connectivity index (χ2n) is 11.3. The molecule has 1 aliphatic rings. The highest BCUT2D eigenvalue weighted by Gasteiger charge is 2.26. The van der Waals surface area contributed by atoms with E-state index in [1.165, 1.54) is 49.5 Å². The molecule has 9 rings (SSSR count). The molecule has 3 heteroatoms. The second kappa shape index (κ2) is 9.82. The second-order valence-corrected chi connectivity index (χ2v) is 11.3. The lowest BCUT2D eigenvalue weighted by Crippen LogP contribution is -2.01. The fourth-order valence-corrected chi connectivity index (χ4v) is 6.57. The van der Waals surface area contributed by atoms with Crippen LogP contribution in [0.4, 0.5) is 0 Å². The van der Waals surface area contributed by atoms with Crippen LogP contribution in [0.2, 0.25) is 0 Å². The fraction of sp³-hybridized carbons (Fsp3) is 0. The summed E-state index contributed by atoms with van der Waals surface area (Å²) >= 11 is 0. The Hall–Kier alpha value is -5.93. The SMILES string of the molecule is c1ccc(-c2nc(-c3cc(-c4ccccc4)c4c(c3)-c3cccc5cccc-4c35)nc(-c3ccc4ccccc4c3)n2)cc1. The third-order valence-electron chi connectivity index (χ3n) is 8.62. The molecule has 3 nitrogen and oxygen atoms in total. The minimum Gasteiger partial charge on any atom is -0.208 e. The molecule has 0 spiro atoms. The summed E-state index contributed by atoms with van der Waals surface area (Å²) in [6.07, 6.45) is 0. The maximum absolute atomic E-state index is 5.14. The first-order chi connectivity index (χ1) is 21.8. The molecular weight excluding hydrogens is 534 g/mol. The fourth-order valence-electron chi connectivity index (χ4n) is 6.57. The van der Waals surface area contributed by atoms with Crippen molar-refractivity contribution in [2.75, 3.05) is 0 Å². The van der Waals surface area contributed by atoms with Gasteiger partial charge in [0.05, 0.1) is 0 Å². The first-order valence-electron chi connectivity index (χ1n) is 14.9. The van der Waals surface area contributed by atoms with Crippen LogP contribution in [0.15, 0.2) is 152 Å². The Labute approximate surface area is 255 Å². The van der Waals surface area contributed by atoms with Gasteiger partial charge in [-0.25, -0.2) is 15.0 Å². The van der Waals surface area contributed by atoms with Crippen LogP contribution in [-0.2, 0) is 0 Å². The zero-order valence-electron chi connectivity index (χ0n) is 23.8. The van der Waals surface area contributed by atoms with Crippen molar-refractivity contribution >= 4 is 21.5 Å². The Morgan fingerprint density at radius 1 is 0.295 bits per heavy atom. The molecule has 0 fully saturated rings. The van der Waals surface area contributed by atoms with E-state index in [4.69, 9.17) is 15.0 Å². The topological polar surface area (TPSA) is 38.7 Å². The molecule has 0 N–H and O–H groups in total. The Morgan fingerprint density at radius 2 is 0.864 bits per heavy atom. The van der Waals surface area contributed by atoms with Crippen LogP contribution < -0.4 is 0 Å². The van der Waals surface area contributed by atoms with Crippen molar-refractivity contribution in [2.45, 2.75) is 0 Å². The molecule has 0 amide bonds. The molecule has 0 bridgehead atoms. The predicted octanol–water partition coefficient (Wildman–Crippen LogP) is 10.5. The van der Waals surface area contributed by atoms with Gasteiger partial charge in [-0.05, 0) is 73.1 Å². The maximum Gasteiger partial charge on any atom is 0.164 e. The van der Waals surface area contributed by atoms with Crippen molar-refractivity contribution < 1.29 is 0 Å². The Bertz CT molecular complexity index is 2370. The van der Waals surface area contributed by atoms with E-state index in [2.05, 4.69) is 133 Å². The third kappa shape index (κ3) is 3.94. The van der Waals surface area contributed by atoms with E-state index in [0.29, 0.717) is 17.5 Å². The van der Waals surface area contributed by atoms with Crippen LogP contribution in [0.1, 0.15) is 0 Å². The average molecular weight is 560 g/mol. The molecule has 44 heavy (non-hydrogen) atoms. The average Bonchev–Trinajstić information content (AvgIpc) is 3.43. The summed E-state index contributed by atoms with van der Waals surface area (Å²) in [7, 11) is 0. The summed E-state index contributed by atoms with van der Waals surface area (Å²) in [5.74, 6) is 1.97. The zero-order valence-corrected chi connectivity index (χ0v) is 23.8. The molecular formula is C41H25N3. The van der Waals surface area contributed by atoms with Gasteiger partial charge in [0.15, 0.2) is 17.5 Å². The number of aromatic nitrogens is 3. The van der Waals surface area contributed by atoms with Gasteiger partial charge in [-0.2, -0.15) is 0 Å². The molecule has 1 aromatic heterocycles. The maximum atomic E-state index is 5.14. The Kier molecular flexibility index (Phi) is 5.50. The van der Waals surface area contributed by atoms with Crippen molar-refractivity contribution in [2.24, 2.45) is 0 Å². The number of nitrogens with zero attached hydrogens (tertiary/aromatic N) is 3. The normalized spacial score (nSPS) is 11.6. The number of hydrogen-bond donors (Lipinski definition) is 0. The lowest BCUT2D eigenvalue weighted by atomic mass is 9.91. The number of rotatable bonds is 4. The summed E-state index contributed by atoms with van der Waals surface area (Å²) in [5.41, 5.74) is 10.2. The molecule has 0 saturated heterocycles. The van der Waals surface area contributed by atoms with E-state index in [1.54, 1.807) is 0 Å². The van der Waals surface area contributed by atoms with E-state index < -0.39 is 0 Å². The van der Waals surface area contributed by atoms with Gasteiger partial charge in [0, 0.05) is 16.7 Å². The molecule has 0 radical (unpaired) electrons. The van der Waals surface area contributed by atoms with Gasteiger partial charge in [0.1, 0.15) is 0 Å². The van der Waals surface area contributed by atoms with Gasteiger partial charge in [-0.3, -0.25) is 0 Å². The highest BCUT2D eigenvalue weighted by molar-refractivity contribution is 6.18. The molecule has 1 aliphatic carbocycles. The minimum absolute atomic E-state index is 0.658. The predicted molar refractivity (Wildman–Crippen MR) is 181 cm³/mol. The van der Waals surface area contributed by atoms with Gasteiger partial charge in [0.25, 0.3) is 0 Å². The number of benzene rings is 7. The van der Waals surface area contributed by atoms with Crippen molar-refractivity contribution in [3.05, 3.63) is 152 Å². The summed E-state index contributed by atoms with van der Waals surface area (Å²) in [6.45, 7) is 0. The summed E-state index contributed by atoms with van der Waals surface area (Å²) in [6, 6.07) is 53.3. The smallest absolute Gasteiger partial charge is 0.164 e. The van der Waals surface area contributed by atoms with E-state index in [9.17, 15) is 0 Å². The monoisotopic (exact) mass is 559 g/mol. The van der Waals surface area contributed by atoms with E-state index in [0.717, 1.165) is 22.1 Å². The molecule has 0 unspecified atom stereocenters. The number of fused-ring (bicyclic) bond motifs is 4. The van der Waals surface area contributed by atoms with Gasteiger partial charge < -0.3 is 0 Å². The van der Waals surface area contributed by atoms with E-state index in [-0.39, 0.29) is 0 Å². The van der Waals surface area contributed by atoms with Crippen molar-refractivity contribution in [1.29, 1.82) is 0 Å². The molecule has 1 heterocycles. The summed E-state index contributed by atoms with van der Waals surface area (Å²) in [4.78, 5) is 15.2. The highest BCUT2D eigenvalue weighted by atomic mass is 15.0. The third-order valence-corrected chi connectivity index (χ3v) is 8.62. The molecule has 204 valence electrons. The lowest BCUT2D eigenvalue weighted by molar-refractivity contribution is 1.07. The van der Waals surface area contributed by atoms with Crippen LogP contribution in [0.5, 0.6) is 0 Å². The molecule has 7 aromatic carbocycles. The van der Waals surface area contributed by atoms with Gasteiger partial charge in [0.2, 0.25) is 0 Å². The van der Waals surface area contributed by atoms with Crippen LogP contribution in [0.3, 0.4) is 0 Å². The van der Waals surface area contributed by atoms with Crippen LogP contribution in [-0.4, -0.2) is 15.0 Å². The molecule has 0 aliphatic heterocycles. The van der Waals surface area contributed by atoms with Crippen LogP contribution >= 0.6 is 0 Å². The van der Waals surface area contributed by atoms with Crippen molar-refractivity contribution in [3.8, 4) is 67.5 Å². The largest absolute Gasteiger partial charge is 0.208 e. The summed E-state index contributed by atoms with van der Waals surface area (Å²) < 4.78 is 0. The quantitative estimate of drug-likeness (QED) is 0.215. The van der Waals surface area contributed by atoms with Gasteiger partial charge >= 0.3 is 0 Å². The minimum atomic E-state index is 0.658. The van der Waals surface area contributed by atoms with Gasteiger partial charge in [-0.1, -0.05) is 133 Å². The van der Waals surface area contributed by atoms with Gasteiger partial charge in [-0.15, -0.1) is 0 Å². The summed E-state index contributed by atoms with van der Waals surface area (Å²) in [5, 5.41) is 4.90. The Balaban J connectivity index is 1.32. The van der Waals surface area contributed by atoms with E-state index >= 15 is 0 Å².